The first-order valence-electron chi connectivity index (χ1n) is 5.17. The van der Waals surface area contributed by atoms with Gasteiger partial charge in [0.15, 0.2) is 11.6 Å². The van der Waals surface area contributed by atoms with Crippen molar-refractivity contribution in [3.05, 3.63) is 47.8 Å². The van der Waals surface area contributed by atoms with E-state index >= 15 is 0 Å². The normalized spacial score (nSPS) is 10.5. The number of aliphatic hydroxyl groups excluding tert-OH is 1. The van der Waals surface area contributed by atoms with Crippen LogP contribution in [0.5, 0.6) is 5.75 Å². The third-order valence-electron chi connectivity index (χ3n) is 2.43. The first kappa shape index (κ1) is 11.6. The second kappa shape index (κ2) is 4.97. The predicted octanol–water partition coefficient (Wildman–Crippen LogP) is 1.57. The van der Waals surface area contributed by atoms with Crippen molar-refractivity contribution >= 4 is 0 Å². The summed E-state index contributed by atoms with van der Waals surface area (Å²) in [5.74, 6) is -0.150. The highest BCUT2D eigenvalue weighted by molar-refractivity contribution is 5.29. The van der Waals surface area contributed by atoms with Crippen LogP contribution in [0, 0.1) is 5.82 Å². The van der Waals surface area contributed by atoms with E-state index in [9.17, 15) is 4.39 Å². The van der Waals surface area contributed by atoms with Crippen molar-refractivity contribution in [2.45, 2.75) is 13.2 Å². The molecule has 0 fully saturated rings. The van der Waals surface area contributed by atoms with Crippen molar-refractivity contribution < 1.29 is 14.2 Å². The number of ether oxygens (including phenoxy) is 1. The number of hydrogen-bond donors (Lipinski definition) is 1. The fraction of sp³-hybridized carbons (Fsp3) is 0.250. The van der Waals surface area contributed by atoms with Crippen LogP contribution in [0.15, 0.2) is 30.7 Å². The lowest BCUT2D eigenvalue weighted by Gasteiger charge is -2.05. The van der Waals surface area contributed by atoms with Gasteiger partial charge in [-0.3, -0.25) is 0 Å². The fourth-order valence-corrected chi connectivity index (χ4v) is 1.59. The van der Waals surface area contributed by atoms with Crippen LogP contribution < -0.4 is 4.74 Å². The van der Waals surface area contributed by atoms with Crippen LogP contribution in [0.1, 0.15) is 11.3 Å². The van der Waals surface area contributed by atoms with Gasteiger partial charge >= 0.3 is 0 Å². The van der Waals surface area contributed by atoms with Crippen LogP contribution in [0.3, 0.4) is 0 Å². The second-order valence-electron chi connectivity index (χ2n) is 3.66. The molecule has 0 saturated heterocycles. The molecule has 0 atom stereocenters. The quantitative estimate of drug-likeness (QED) is 0.876. The van der Waals surface area contributed by atoms with Crippen LogP contribution >= 0.6 is 0 Å². The first-order chi connectivity index (χ1) is 8.22. The monoisotopic (exact) mass is 236 g/mol. The van der Waals surface area contributed by atoms with Gasteiger partial charge < -0.3 is 14.4 Å². The molecular weight excluding hydrogens is 223 g/mol. The van der Waals surface area contributed by atoms with E-state index in [0.717, 1.165) is 5.56 Å². The van der Waals surface area contributed by atoms with Crippen molar-refractivity contribution in [2.24, 2.45) is 0 Å². The van der Waals surface area contributed by atoms with Gasteiger partial charge in [-0.1, -0.05) is 6.07 Å². The van der Waals surface area contributed by atoms with Gasteiger partial charge in [0, 0.05) is 12.7 Å². The van der Waals surface area contributed by atoms with Crippen LogP contribution in [0.25, 0.3) is 0 Å². The molecule has 0 aliphatic carbocycles. The Morgan fingerprint density at radius 1 is 1.47 bits per heavy atom. The third-order valence-corrected chi connectivity index (χ3v) is 2.43. The number of benzene rings is 1. The lowest BCUT2D eigenvalue weighted by Crippen LogP contribution is -1.98. The Hall–Kier alpha value is -1.88. The minimum Gasteiger partial charge on any atom is -0.494 e. The lowest BCUT2D eigenvalue weighted by molar-refractivity contribution is 0.277. The molecule has 0 unspecified atom stereocenters. The Kier molecular flexibility index (Phi) is 3.39. The molecule has 1 aromatic carbocycles. The van der Waals surface area contributed by atoms with E-state index in [1.54, 1.807) is 29.2 Å². The van der Waals surface area contributed by atoms with Crippen LogP contribution in [-0.2, 0) is 13.2 Å². The zero-order valence-electron chi connectivity index (χ0n) is 9.43. The molecule has 2 rings (SSSR count). The molecule has 0 amide bonds. The third kappa shape index (κ3) is 2.62. The van der Waals surface area contributed by atoms with Crippen LogP contribution in [0.4, 0.5) is 4.39 Å². The zero-order valence-corrected chi connectivity index (χ0v) is 9.43. The summed E-state index contributed by atoms with van der Waals surface area (Å²) < 4.78 is 20.1. The Balaban J connectivity index is 2.15. The SMILES string of the molecule is COc1ccc(Cn2cnc(CO)c2)cc1F. The number of aliphatic hydroxyl groups is 1. The minimum absolute atomic E-state index is 0.0933. The Labute approximate surface area is 98.3 Å². The minimum atomic E-state index is -0.382. The highest BCUT2D eigenvalue weighted by Crippen LogP contribution is 2.18. The number of aromatic nitrogens is 2. The number of nitrogens with zero attached hydrogens (tertiary/aromatic N) is 2. The predicted molar refractivity (Wildman–Crippen MR) is 60.2 cm³/mol. The van der Waals surface area contributed by atoms with E-state index in [0.29, 0.717) is 12.2 Å². The Morgan fingerprint density at radius 2 is 2.29 bits per heavy atom. The summed E-state index contributed by atoms with van der Waals surface area (Å²) in [5, 5.41) is 8.88. The second-order valence-corrected chi connectivity index (χ2v) is 3.66. The van der Waals surface area contributed by atoms with Gasteiger partial charge in [0.05, 0.1) is 25.7 Å². The highest BCUT2D eigenvalue weighted by atomic mass is 19.1. The van der Waals surface area contributed by atoms with Crippen molar-refractivity contribution in [3.63, 3.8) is 0 Å². The molecule has 2 aromatic rings. The van der Waals surface area contributed by atoms with Crippen molar-refractivity contribution in [3.8, 4) is 5.75 Å². The average Bonchev–Trinajstić information content (AvgIpc) is 2.77. The van der Waals surface area contributed by atoms with E-state index in [1.165, 1.54) is 13.2 Å². The molecule has 0 aliphatic heterocycles. The molecule has 17 heavy (non-hydrogen) atoms. The molecule has 5 heteroatoms. The van der Waals surface area contributed by atoms with E-state index < -0.39 is 0 Å². The number of rotatable bonds is 4. The summed E-state index contributed by atoms with van der Waals surface area (Å²) in [7, 11) is 1.43. The van der Waals surface area contributed by atoms with Crippen molar-refractivity contribution in [1.29, 1.82) is 0 Å². The van der Waals surface area contributed by atoms with Crippen LogP contribution in [0.2, 0.25) is 0 Å². The van der Waals surface area contributed by atoms with E-state index in [4.69, 9.17) is 9.84 Å². The molecule has 0 spiro atoms. The van der Waals surface area contributed by atoms with Gasteiger partial charge in [-0.15, -0.1) is 0 Å². The molecule has 0 bridgehead atoms. The molecule has 90 valence electrons. The maximum Gasteiger partial charge on any atom is 0.165 e. The standard InChI is InChI=1S/C12H13FN2O2/c1-17-12-3-2-9(4-11(12)13)5-15-6-10(7-16)14-8-15/h2-4,6,8,16H,5,7H2,1H3. The smallest absolute Gasteiger partial charge is 0.165 e. The molecule has 0 saturated carbocycles. The topological polar surface area (TPSA) is 47.3 Å². The summed E-state index contributed by atoms with van der Waals surface area (Å²) in [5.41, 5.74) is 1.41. The van der Waals surface area contributed by atoms with Gasteiger partial charge in [-0.2, -0.15) is 0 Å². The summed E-state index contributed by atoms with van der Waals surface area (Å²) >= 11 is 0. The molecule has 0 aliphatic rings. The number of imidazole rings is 1. The summed E-state index contributed by atoms with van der Waals surface area (Å²) in [6.07, 6.45) is 3.33. The Bertz CT molecular complexity index is 511. The van der Waals surface area contributed by atoms with Gasteiger partial charge in [0.1, 0.15) is 0 Å². The zero-order chi connectivity index (χ0) is 12.3. The highest BCUT2D eigenvalue weighted by Gasteiger charge is 2.04. The van der Waals surface area contributed by atoms with Gasteiger partial charge in [0.25, 0.3) is 0 Å². The summed E-state index contributed by atoms with van der Waals surface area (Å²) in [6.45, 7) is 0.415. The molecule has 1 heterocycles. The van der Waals surface area contributed by atoms with E-state index in [2.05, 4.69) is 4.98 Å². The van der Waals surface area contributed by atoms with Crippen molar-refractivity contribution in [1.82, 2.24) is 9.55 Å². The number of hydrogen-bond acceptors (Lipinski definition) is 3. The lowest BCUT2D eigenvalue weighted by atomic mass is 10.2. The molecule has 0 radical (unpaired) electrons. The largest absolute Gasteiger partial charge is 0.494 e. The maximum absolute atomic E-state index is 13.4. The first-order valence-corrected chi connectivity index (χ1v) is 5.17. The van der Waals surface area contributed by atoms with E-state index in [1.807, 2.05) is 0 Å². The summed E-state index contributed by atoms with van der Waals surface area (Å²) in [4.78, 5) is 3.98. The molecule has 1 N–H and O–H groups in total. The Morgan fingerprint density at radius 3 is 2.88 bits per heavy atom. The van der Waals surface area contributed by atoms with Crippen molar-refractivity contribution in [2.75, 3.05) is 7.11 Å². The van der Waals surface area contributed by atoms with Crippen LogP contribution in [-0.4, -0.2) is 21.8 Å². The average molecular weight is 236 g/mol. The summed E-state index contributed by atoms with van der Waals surface area (Å²) in [6, 6.07) is 4.81. The number of methoxy groups -OCH3 is 1. The fourth-order valence-electron chi connectivity index (χ4n) is 1.59. The van der Waals surface area contributed by atoms with E-state index in [-0.39, 0.29) is 18.2 Å². The molecule has 4 nitrogen and oxygen atoms in total. The number of halogens is 1. The van der Waals surface area contributed by atoms with Gasteiger partial charge in [0.2, 0.25) is 0 Å². The molecular formula is C12H13FN2O2. The van der Waals surface area contributed by atoms with Gasteiger partial charge in [-0.05, 0) is 17.7 Å². The van der Waals surface area contributed by atoms with Gasteiger partial charge in [-0.25, -0.2) is 9.37 Å². The molecule has 1 aromatic heterocycles. The maximum atomic E-state index is 13.4.